The van der Waals surface area contributed by atoms with Crippen molar-refractivity contribution < 1.29 is 14.4 Å². The number of fused-ring (bicyclic) bond motifs is 1. The second-order valence-corrected chi connectivity index (χ2v) is 7.71. The molecule has 3 aromatic rings. The van der Waals surface area contributed by atoms with E-state index in [-0.39, 0.29) is 29.3 Å². The summed E-state index contributed by atoms with van der Waals surface area (Å²) in [5.41, 5.74) is 2.67. The van der Waals surface area contributed by atoms with Crippen LogP contribution < -0.4 is 5.32 Å². The Bertz CT molecular complexity index is 1110. The van der Waals surface area contributed by atoms with Crippen LogP contribution in [0.15, 0.2) is 53.9 Å². The summed E-state index contributed by atoms with van der Waals surface area (Å²) in [6.07, 6.45) is 0.673. The third-order valence-electron chi connectivity index (χ3n) is 5.01. The molecule has 0 fully saturated rings. The average molecular weight is 405 g/mol. The van der Waals surface area contributed by atoms with Crippen molar-refractivity contribution in [3.63, 3.8) is 0 Å². The summed E-state index contributed by atoms with van der Waals surface area (Å²) in [4.78, 5) is 43.6. The van der Waals surface area contributed by atoms with Gasteiger partial charge in [-0.25, -0.2) is 4.98 Å². The van der Waals surface area contributed by atoms with Crippen molar-refractivity contribution in [1.29, 1.82) is 0 Å². The molecule has 0 spiro atoms. The summed E-state index contributed by atoms with van der Waals surface area (Å²) < 4.78 is 0. The predicted molar refractivity (Wildman–Crippen MR) is 112 cm³/mol. The highest BCUT2D eigenvalue weighted by Crippen LogP contribution is 2.28. The molecular weight excluding hydrogens is 386 g/mol. The Hall–Kier alpha value is -3.32. The number of anilines is 1. The van der Waals surface area contributed by atoms with Crippen LogP contribution >= 0.6 is 11.3 Å². The van der Waals surface area contributed by atoms with Crippen LogP contribution in [0.2, 0.25) is 0 Å². The van der Waals surface area contributed by atoms with Gasteiger partial charge in [0.2, 0.25) is 0 Å². The molecule has 2 aromatic carbocycles. The van der Waals surface area contributed by atoms with E-state index in [9.17, 15) is 14.4 Å². The van der Waals surface area contributed by atoms with Crippen molar-refractivity contribution in [3.05, 3.63) is 70.6 Å². The molecule has 29 heavy (non-hydrogen) atoms. The lowest BCUT2D eigenvalue weighted by molar-refractivity contribution is 0.0593. The molecule has 3 amide bonds. The van der Waals surface area contributed by atoms with Gasteiger partial charge in [-0.05, 0) is 31.5 Å². The molecule has 2 heterocycles. The monoisotopic (exact) mass is 405 g/mol. The van der Waals surface area contributed by atoms with Crippen LogP contribution in [0.4, 0.5) is 5.13 Å². The minimum absolute atomic E-state index is 0.189. The lowest BCUT2D eigenvalue weighted by Gasteiger charge is -2.20. The Morgan fingerprint density at radius 2 is 1.83 bits per heavy atom. The van der Waals surface area contributed by atoms with Gasteiger partial charge in [0.25, 0.3) is 17.7 Å². The zero-order valence-corrected chi connectivity index (χ0v) is 16.8. The number of carbonyl (C=O) groups is 3. The van der Waals surface area contributed by atoms with E-state index in [1.165, 1.54) is 22.3 Å². The SMILES string of the molecule is CCC(C)N1C(=O)c2ccc(C(=O)Nc3nc(-c4ccccc4)cs3)cc2C1=O. The highest BCUT2D eigenvalue weighted by atomic mass is 32.1. The summed E-state index contributed by atoms with van der Waals surface area (Å²) in [5, 5.41) is 5.11. The van der Waals surface area contributed by atoms with Crippen molar-refractivity contribution in [2.75, 3.05) is 5.32 Å². The minimum atomic E-state index is -0.371. The van der Waals surface area contributed by atoms with Crippen LogP contribution in [0, 0.1) is 0 Å². The molecule has 0 radical (unpaired) electrons. The van der Waals surface area contributed by atoms with Gasteiger partial charge in [0.15, 0.2) is 5.13 Å². The van der Waals surface area contributed by atoms with E-state index < -0.39 is 0 Å². The van der Waals surface area contributed by atoms with Gasteiger partial charge in [0.1, 0.15) is 0 Å². The molecular formula is C22H19N3O3S. The smallest absolute Gasteiger partial charge is 0.261 e. The molecule has 1 atom stereocenters. The Labute approximate surface area is 172 Å². The first-order valence-corrected chi connectivity index (χ1v) is 10.2. The van der Waals surface area contributed by atoms with Gasteiger partial charge in [-0.15, -0.1) is 11.3 Å². The van der Waals surface area contributed by atoms with Crippen molar-refractivity contribution in [1.82, 2.24) is 9.88 Å². The van der Waals surface area contributed by atoms with E-state index in [0.717, 1.165) is 11.3 Å². The average Bonchev–Trinajstić information content (AvgIpc) is 3.31. The first-order valence-electron chi connectivity index (χ1n) is 9.33. The Morgan fingerprint density at radius 1 is 1.10 bits per heavy atom. The molecule has 1 N–H and O–H groups in total. The number of imide groups is 1. The fraction of sp³-hybridized carbons (Fsp3) is 0.182. The van der Waals surface area contributed by atoms with Crippen LogP contribution in [0.1, 0.15) is 51.3 Å². The predicted octanol–water partition coefficient (Wildman–Crippen LogP) is 4.46. The lowest BCUT2D eigenvalue weighted by Crippen LogP contribution is -2.37. The number of thiazole rings is 1. The van der Waals surface area contributed by atoms with Crippen molar-refractivity contribution in [2.45, 2.75) is 26.3 Å². The summed E-state index contributed by atoms with van der Waals surface area (Å²) in [6.45, 7) is 3.76. The third-order valence-corrected chi connectivity index (χ3v) is 5.76. The third kappa shape index (κ3) is 3.45. The van der Waals surface area contributed by atoms with Crippen molar-refractivity contribution >= 4 is 34.2 Å². The number of carbonyl (C=O) groups excluding carboxylic acids is 3. The molecule has 1 aliphatic rings. The highest BCUT2D eigenvalue weighted by molar-refractivity contribution is 7.14. The molecule has 146 valence electrons. The number of nitrogens with one attached hydrogen (secondary N) is 1. The van der Waals surface area contributed by atoms with Crippen LogP contribution in [-0.2, 0) is 0 Å². The van der Waals surface area contributed by atoms with Gasteiger partial charge in [-0.3, -0.25) is 24.6 Å². The van der Waals surface area contributed by atoms with Crippen molar-refractivity contribution in [2.24, 2.45) is 0 Å². The number of hydrogen-bond acceptors (Lipinski definition) is 5. The lowest BCUT2D eigenvalue weighted by atomic mass is 10.1. The standard InChI is InChI=1S/C22H19N3O3S/c1-3-13(2)25-20(27)16-10-9-15(11-17(16)21(25)28)19(26)24-22-23-18(12-29-22)14-7-5-4-6-8-14/h4-13H,3H2,1-2H3,(H,23,24,26). The number of amides is 3. The molecule has 1 aromatic heterocycles. The van der Waals surface area contributed by atoms with Crippen LogP contribution in [0.25, 0.3) is 11.3 Å². The molecule has 0 saturated heterocycles. The first kappa shape index (κ1) is 19.0. The summed E-state index contributed by atoms with van der Waals surface area (Å²) in [5.74, 6) is -1.03. The van der Waals surface area contributed by atoms with E-state index in [0.29, 0.717) is 22.7 Å². The van der Waals surface area contributed by atoms with Gasteiger partial charge in [0.05, 0.1) is 16.8 Å². The van der Waals surface area contributed by atoms with Crippen LogP contribution in [-0.4, -0.2) is 33.6 Å². The Kier molecular flexibility index (Phi) is 4.98. The molecule has 4 rings (SSSR count). The van der Waals surface area contributed by atoms with Gasteiger partial charge < -0.3 is 0 Å². The van der Waals surface area contributed by atoms with E-state index >= 15 is 0 Å². The van der Waals surface area contributed by atoms with Crippen molar-refractivity contribution in [3.8, 4) is 11.3 Å². The zero-order chi connectivity index (χ0) is 20.5. The quantitative estimate of drug-likeness (QED) is 0.636. The van der Waals surface area contributed by atoms with Crippen LogP contribution in [0.5, 0.6) is 0 Å². The van der Waals surface area contributed by atoms with Gasteiger partial charge in [-0.2, -0.15) is 0 Å². The maximum absolute atomic E-state index is 12.7. The number of hydrogen-bond donors (Lipinski definition) is 1. The second-order valence-electron chi connectivity index (χ2n) is 6.86. The molecule has 0 saturated carbocycles. The van der Waals surface area contributed by atoms with E-state index in [4.69, 9.17) is 0 Å². The Balaban J connectivity index is 1.55. The topological polar surface area (TPSA) is 79.4 Å². The molecule has 1 unspecified atom stereocenters. The van der Waals surface area contributed by atoms with Gasteiger partial charge >= 0.3 is 0 Å². The number of rotatable bonds is 5. The molecule has 0 aliphatic carbocycles. The number of nitrogens with zero attached hydrogens (tertiary/aromatic N) is 2. The summed E-state index contributed by atoms with van der Waals surface area (Å²) in [7, 11) is 0. The van der Waals surface area contributed by atoms with E-state index in [1.807, 2.05) is 49.6 Å². The van der Waals surface area contributed by atoms with Gasteiger partial charge in [0, 0.05) is 22.5 Å². The Morgan fingerprint density at radius 3 is 2.55 bits per heavy atom. The summed E-state index contributed by atoms with van der Waals surface area (Å²) in [6, 6.07) is 14.1. The molecule has 1 aliphatic heterocycles. The number of benzene rings is 2. The largest absolute Gasteiger partial charge is 0.298 e. The molecule has 0 bridgehead atoms. The zero-order valence-electron chi connectivity index (χ0n) is 16.0. The molecule has 6 nitrogen and oxygen atoms in total. The maximum atomic E-state index is 12.7. The minimum Gasteiger partial charge on any atom is -0.298 e. The first-order chi connectivity index (χ1) is 14.0. The summed E-state index contributed by atoms with van der Waals surface area (Å²) >= 11 is 1.33. The van der Waals surface area contributed by atoms with Crippen LogP contribution in [0.3, 0.4) is 0 Å². The normalized spacial score (nSPS) is 14.1. The van der Waals surface area contributed by atoms with Gasteiger partial charge in [-0.1, -0.05) is 37.3 Å². The highest BCUT2D eigenvalue weighted by Gasteiger charge is 2.38. The fourth-order valence-electron chi connectivity index (χ4n) is 3.23. The molecule has 7 heteroatoms. The fourth-order valence-corrected chi connectivity index (χ4v) is 3.94. The number of aromatic nitrogens is 1. The maximum Gasteiger partial charge on any atom is 0.261 e. The van der Waals surface area contributed by atoms with E-state index in [1.54, 1.807) is 12.1 Å². The second kappa shape index (κ2) is 7.60. The van der Waals surface area contributed by atoms with E-state index in [2.05, 4.69) is 10.3 Å².